The summed E-state index contributed by atoms with van der Waals surface area (Å²) in [6.07, 6.45) is 9.55. The molecule has 1 N–H and O–H groups in total. The van der Waals surface area contributed by atoms with E-state index in [1.54, 1.807) is 0 Å². The summed E-state index contributed by atoms with van der Waals surface area (Å²) >= 11 is 3.54. The van der Waals surface area contributed by atoms with Crippen LogP contribution in [0.2, 0.25) is 0 Å². The number of allylic oxidation sites excluding steroid dienone is 4. The smallest absolute Gasteiger partial charge is 0.0538 e. The molecule has 0 saturated carbocycles. The van der Waals surface area contributed by atoms with Crippen molar-refractivity contribution in [3.63, 3.8) is 0 Å². The predicted octanol–water partition coefficient (Wildman–Crippen LogP) is 4.29. The molecule has 23 heavy (non-hydrogen) atoms. The van der Waals surface area contributed by atoms with Crippen LogP contribution in [0.1, 0.15) is 6.42 Å². The lowest BCUT2D eigenvalue weighted by Gasteiger charge is -2.02. The summed E-state index contributed by atoms with van der Waals surface area (Å²) in [4.78, 5) is 3.55. The van der Waals surface area contributed by atoms with Gasteiger partial charge in [0.25, 0.3) is 0 Å². The zero-order valence-corrected chi connectivity index (χ0v) is 14.2. The molecule has 0 amide bonds. The molecule has 3 aromatic rings. The zero-order chi connectivity index (χ0) is 15.8. The van der Waals surface area contributed by atoms with Gasteiger partial charge in [0.05, 0.1) is 5.35 Å². The first-order chi connectivity index (χ1) is 11.2. The Morgan fingerprint density at radius 3 is 2.61 bits per heavy atom. The number of aromatic amines is 1. The Kier molecular flexibility index (Phi) is 3.55. The minimum absolute atomic E-state index is 0.964. The molecule has 0 bridgehead atoms. The van der Waals surface area contributed by atoms with Crippen molar-refractivity contribution >= 4 is 39.0 Å². The SMILES string of the molecule is C=c1/c(=c2/cccc/c2=C2\C=CC=CC2)[nH]c2cc(Br)ccc12. The van der Waals surface area contributed by atoms with Gasteiger partial charge < -0.3 is 4.98 Å². The van der Waals surface area contributed by atoms with E-state index in [4.69, 9.17) is 0 Å². The molecular formula is C21H16BrN. The second-order valence-electron chi connectivity index (χ2n) is 5.73. The number of fused-ring (bicyclic) bond motifs is 1. The fourth-order valence-corrected chi connectivity index (χ4v) is 3.51. The van der Waals surface area contributed by atoms with Gasteiger partial charge in [-0.2, -0.15) is 0 Å². The van der Waals surface area contributed by atoms with E-state index in [0.717, 1.165) is 27.0 Å². The molecule has 1 aromatic heterocycles. The Labute approximate surface area is 142 Å². The maximum Gasteiger partial charge on any atom is 0.0538 e. The average molecular weight is 362 g/mol. The Hall–Kier alpha value is -2.32. The third-order valence-corrected chi connectivity index (χ3v) is 4.79. The largest absolute Gasteiger partial charge is 0.354 e. The van der Waals surface area contributed by atoms with Crippen molar-refractivity contribution in [1.29, 1.82) is 0 Å². The van der Waals surface area contributed by atoms with Gasteiger partial charge >= 0.3 is 0 Å². The van der Waals surface area contributed by atoms with Crippen LogP contribution in [-0.2, 0) is 0 Å². The van der Waals surface area contributed by atoms with Gasteiger partial charge in [0.1, 0.15) is 0 Å². The summed E-state index contributed by atoms with van der Waals surface area (Å²) in [6.45, 7) is 4.31. The highest BCUT2D eigenvalue weighted by molar-refractivity contribution is 9.10. The molecule has 0 aliphatic heterocycles. The van der Waals surface area contributed by atoms with Crippen molar-refractivity contribution in [2.24, 2.45) is 0 Å². The Balaban J connectivity index is 2.23. The van der Waals surface area contributed by atoms with Gasteiger partial charge in [0.15, 0.2) is 0 Å². The third kappa shape index (κ3) is 2.49. The highest BCUT2D eigenvalue weighted by Gasteiger charge is 2.02. The average Bonchev–Trinajstić information content (AvgIpc) is 2.91. The fraction of sp³-hybridized carbons (Fsp3) is 0.0476. The van der Waals surface area contributed by atoms with Crippen molar-refractivity contribution in [3.05, 3.63) is 92.2 Å². The number of benzene rings is 2. The lowest BCUT2D eigenvalue weighted by molar-refractivity contribution is 1.27. The molecule has 112 valence electrons. The van der Waals surface area contributed by atoms with Crippen molar-refractivity contribution in [2.75, 3.05) is 0 Å². The lowest BCUT2D eigenvalue weighted by atomic mass is 10.0. The van der Waals surface area contributed by atoms with E-state index in [1.807, 2.05) is 0 Å². The molecule has 1 aliphatic carbocycles. The highest BCUT2D eigenvalue weighted by Crippen LogP contribution is 2.16. The number of hydrogen-bond acceptors (Lipinski definition) is 0. The van der Waals surface area contributed by atoms with Crippen LogP contribution in [0.4, 0.5) is 0 Å². The van der Waals surface area contributed by atoms with Crippen molar-refractivity contribution in [3.8, 4) is 0 Å². The second-order valence-corrected chi connectivity index (χ2v) is 6.65. The molecule has 1 nitrogen and oxygen atoms in total. The van der Waals surface area contributed by atoms with Gasteiger partial charge in [-0.3, -0.25) is 0 Å². The van der Waals surface area contributed by atoms with Gasteiger partial charge in [-0.15, -0.1) is 0 Å². The quantitative estimate of drug-likeness (QED) is 0.614. The molecule has 0 radical (unpaired) electrons. The van der Waals surface area contributed by atoms with E-state index >= 15 is 0 Å². The standard InChI is InChI=1S/C21H16BrN/c1-14-17-12-11-16(22)13-20(17)23-21(14)19-10-6-5-9-18(19)15-7-3-2-4-8-15/h2-7,9-13,23H,1,8H2/b18-15-,21-19+. The summed E-state index contributed by atoms with van der Waals surface area (Å²) in [7, 11) is 0. The Morgan fingerprint density at radius 1 is 1.00 bits per heavy atom. The summed E-state index contributed by atoms with van der Waals surface area (Å²) in [5, 5.41) is 5.80. The van der Waals surface area contributed by atoms with E-state index in [1.165, 1.54) is 21.4 Å². The maximum atomic E-state index is 4.31. The summed E-state index contributed by atoms with van der Waals surface area (Å²) in [5.41, 5.74) is 2.44. The first-order valence-corrected chi connectivity index (χ1v) is 8.45. The number of aromatic nitrogens is 1. The highest BCUT2D eigenvalue weighted by atomic mass is 79.9. The van der Waals surface area contributed by atoms with Crippen molar-refractivity contribution in [1.82, 2.24) is 4.98 Å². The van der Waals surface area contributed by atoms with Crippen LogP contribution in [0.15, 0.2) is 71.2 Å². The van der Waals surface area contributed by atoms with Gasteiger partial charge in [-0.25, -0.2) is 0 Å². The monoisotopic (exact) mass is 361 g/mol. The number of H-pyrrole nitrogens is 1. The Bertz CT molecular complexity index is 1160. The molecule has 0 spiro atoms. The van der Waals surface area contributed by atoms with Crippen LogP contribution >= 0.6 is 15.9 Å². The summed E-state index contributed by atoms with van der Waals surface area (Å²) < 4.78 is 1.07. The molecule has 1 heterocycles. The van der Waals surface area contributed by atoms with Gasteiger partial charge in [-0.05, 0) is 29.3 Å². The molecule has 4 rings (SSSR count). The van der Waals surface area contributed by atoms with Crippen molar-refractivity contribution < 1.29 is 0 Å². The van der Waals surface area contributed by atoms with E-state index in [0.29, 0.717) is 0 Å². The van der Waals surface area contributed by atoms with Gasteiger partial charge in [-0.1, -0.05) is 77.1 Å². The van der Waals surface area contributed by atoms with Crippen LogP contribution < -0.4 is 10.4 Å². The minimum Gasteiger partial charge on any atom is -0.354 e. The van der Waals surface area contributed by atoms with E-state index in [2.05, 4.69) is 94.3 Å². The van der Waals surface area contributed by atoms with Crippen LogP contribution in [0.5, 0.6) is 0 Å². The predicted molar refractivity (Wildman–Crippen MR) is 101 cm³/mol. The first kappa shape index (κ1) is 14.3. The lowest BCUT2D eigenvalue weighted by Crippen LogP contribution is -2.10. The molecule has 0 atom stereocenters. The number of hydrogen-bond donors (Lipinski definition) is 1. The number of rotatable bonds is 0. The number of nitrogens with one attached hydrogen (secondary N) is 1. The minimum atomic E-state index is 0.964. The third-order valence-electron chi connectivity index (χ3n) is 4.29. The topological polar surface area (TPSA) is 15.8 Å². The number of halogens is 1. The van der Waals surface area contributed by atoms with E-state index in [-0.39, 0.29) is 0 Å². The maximum absolute atomic E-state index is 4.31. The fourth-order valence-electron chi connectivity index (χ4n) is 3.15. The van der Waals surface area contributed by atoms with Crippen LogP contribution in [0, 0.1) is 10.6 Å². The summed E-state index contributed by atoms with van der Waals surface area (Å²) in [6, 6.07) is 14.8. The molecular weight excluding hydrogens is 346 g/mol. The first-order valence-electron chi connectivity index (χ1n) is 7.66. The Morgan fingerprint density at radius 2 is 1.83 bits per heavy atom. The van der Waals surface area contributed by atoms with Crippen LogP contribution in [-0.4, -0.2) is 4.98 Å². The second kappa shape index (κ2) is 5.71. The molecule has 2 heteroatoms. The normalized spacial score (nSPS) is 17.8. The van der Waals surface area contributed by atoms with E-state index in [9.17, 15) is 0 Å². The zero-order valence-electron chi connectivity index (χ0n) is 12.6. The van der Waals surface area contributed by atoms with Gasteiger partial charge in [0, 0.05) is 25.8 Å². The summed E-state index contributed by atoms with van der Waals surface area (Å²) in [5.74, 6) is 0. The van der Waals surface area contributed by atoms with Crippen molar-refractivity contribution in [2.45, 2.75) is 6.42 Å². The molecule has 0 unspecified atom stereocenters. The van der Waals surface area contributed by atoms with Crippen LogP contribution in [0.25, 0.3) is 23.1 Å². The molecule has 0 fully saturated rings. The molecule has 2 aromatic carbocycles. The van der Waals surface area contributed by atoms with E-state index < -0.39 is 0 Å². The van der Waals surface area contributed by atoms with Crippen LogP contribution in [0.3, 0.4) is 0 Å². The molecule has 1 aliphatic rings. The molecule has 0 saturated heterocycles. The van der Waals surface area contributed by atoms with Gasteiger partial charge in [0.2, 0.25) is 0 Å².